The molecule has 0 aliphatic carbocycles. The van der Waals surface area contributed by atoms with Gasteiger partial charge in [0.05, 0.1) is 16.7 Å². The van der Waals surface area contributed by atoms with Crippen LogP contribution in [-0.2, 0) is 0 Å². The van der Waals surface area contributed by atoms with Crippen LogP contribution in [0.1, 0.15) is 0 Å². The fraction of sp³-hybridized carbons (Fsp3) is 0. The van der Waals surface area contributed by atoms with E-state index in [1.807, 2.05) is 29.5 Å². The molecule has 0 bridgehead atoms. The lowest BCUT2D eigenvalue weighted by molar-refractivity contribution is 1.07. The lowest BCUT2D eigenvalue weighted by atomic mass is 9.91. The largest absolute Gasteiger partial charge is 0.309 e. The summed E-state index contributed by atoms with van der Waals surface area (Å²) in [5.41, 5.74) is 13.1. The van der Waals surface area contributed by atoms with Gasteiger partial charge in [-0.3, -0.25) is 0 Å². The summed E-state index contributed by atoms with van der Waals surface area (Å²) in [4.78, 5) is 15.8. The number of fused-ring (bicyclic) bond motifs is 8. The van der Waals surface area contributed by atoms with Crippen molar-refractivity contribution >= 4 is 74.9 Å². The van der Waals surface area contributed by atoms with Crippen LogP contribution in [0.3, 0.4) is 0 Å². The Hall–Kier alpha value is -9.03. The van der Waals surface area contributed by atoms with Crippen molar-refractivity contribution in [1.82, 2.24) is 19.5 Å². The van der Waals surface area contributed by atoms with Crippen LogP contribution in [0.15, 0.2) is 243 Å². The summed E-state index contributed by atoms with van der Waals surface area (Å²) in [5, 5.41) is 9.75. The van der Waals surface area contributed by atoms with Gasteiger partial charge in [0.15, 0.2) is 17.5 Å². The first-order valence-electron chi connectivity index (χ1n) is 23.7. The van der Waals surface area contributed by atoms with Crippen LogP contribution >= 0.6 is 11.3 Å². The van der Waals surface area contributed by atoms with Gasteiger partial charge in [0.25, 0.3) is 0 Å². The van der Waals surface area contributed by atoms with E-state index in [0.717, 1.165) is 50.1 Å². The van der Waals surface area contributed by atoms with Crippen LogP contribution in [0.2, 0.25) is 0 Å². The zero-order chi connectivity index (χ0) is 46.1. The Bertz CT molecular complexity index is 4330. The molecular weight excluding hydrogens is 869 g/mol. The predicted molar refractivity (Wildman–Crippen MR) is 295 cm³/mol. The van der Waals surface area contributed by atoms with Gasteiger partial charge in [0.2, 0.25) is 0 Å². The van der Waals surface area contributed by atoms with Crippen molar-refractivity contribution in [2.24, 2.45) is 0 Å². The number of nitrogens with zero attached hydrogens (tertiary/aromatic N) is 4. The molecule has 3 aromatic heterocycles. The maximum Gasteiger partial charge on any atom is 0.164 e. The Morgan fingerprint density at radius 3 is 1.47 bits per heavy atom. The molecule has 5 heteroatoms. The number of para-hydroxylation sites is 1. The molecule has 0 spiro atoms. The highest BCUT2D eigenvalue weighted by atomic mass is 32.1. The van der Waals surface area contributed by atoms with Crippen molar-refractivity contribution < 1.29 is 0 Å². The molecule has 0 fully saturated rings. The number of hydrogen-bond donors (Lipinski definition) is 0. The van der Waals surface area contributed by atoms with Crippen LogP contribution in [-0.4, -0.2) is 19.5 Å². The minimum Gasteiger partial charge on any atom is -0.309 e. The van der Waals surface area contributed by atoms with Crippen molar-refractivity contribution in [3.05, 3.63) is 243 Å². The third-order valence-corrected chi connectivity index (χ3v) is 14.9. The highest BCUT2D eigenvalue weighted by molar-refractivity contribution is 7.26. The summed E-state index contributed by atoms with van der Waals surface area (Å²) >= 11 is 1.85. The molecule has 3 heterocycles. The van der Waals surface area contributed by atoms with Gasteiger partial charge in [0, 0.05) is 58.8 Å². The number of rotatable bonds is 7. The van der Waals surface area contributed by atoms with Crippen molar-refractivity contribution in [3.8, 4) is 73.2 Å². The van der Waals surface area contributed by atoms with E-state index in [0.29, 0.717) is 17.5 Å². The highest BCUT2D eigenvalue weighted by Crippen LogP contribution is 2.48. The Morgan fingerprint density at radius 1 is 0.300 bits per heavy atom. The second-order valence-corrected chi connectivity index (χ2v) is 19.0. The van der Waals surface area contributed by atoms with E-state index in [1.54, 1.807) is 0 Å². The van der Waals surface area contributed by atoms with Gasteiger partial charge in [-0.1, -0.05) is 194 Å². The summed E-state index contributed by atoms with van der Waals surface area (Å²) in [6.07, 6.45) is 0. The molecule has 4 nitrogen and oxygen atoms in total. The molecule has 0 radical (unpaired) electrons. The molecule has 0 aliphatic heterocycles. The van der Waals surface area contributed by atoms with Gasteiger partial charge in [-0.2, -0.15) is 0 Å². The molecule has 14 rings (SSSR count). The van der Waals surface area contributed by atoms with Crippen LogP contribution in [0.25, 0.3) is 137 Å². The Kier molecular flexibility index (Phi) is 9.36. The highest BCUT2D eigenvalue weighted by Gasteiger charge is 2.23. The Balaban J connectivity index is 1.00. The maximum absolute atomic E-state index is 5.35. The first-order valence-corrected chi connectivity index (χ1v) is 24.5. The van der Waals surface area contributed by atoms with E-state index in [-0.39, 0.29) is 0 Å². The molecule has 326 valence electrons. The Labute approximate surface area is 408 Å². The molecule has 11 aromatic carbocycles. The fourth-order valence-corrected chi connectivity index (χ4v) is 11.6. The van der Waals surface area contributed by atoms with Gasteiger partial charge in [-0.05, 0) is 92.3 Å². The van der Waals surface area contributed by atoms with Crippen molar-refractivity contribution in [1.29, 1.82) is 0 Å². The topological polar surface area (TPSA) is 43.6 Å². The van der Waals surface area contributed by atoms with Gasteiger partial charge in [-0.25, -0.2) is 15.0 Å². The molecule has 0 unspecified atom stereocenters. The van der Waals surface area contributed by atoms with Gasteiger partial charge >= 0.3 is 0 Å². The first kappa shape index (κ1) is 40.1. The molecule has 0 saturated heterocycles. The molecule has 0 aliphatic rings. The third kappa shape index (κ3) is 6.70. The van der Waals surface area contributed by atoms with Crippen LogP contribution in [0.4, 0.5) is 0 Å². The quantitative estimate of drug-likeness (QED) is 0.160. The SMILES string of the molecule is c1ccc(-c2ccc(-c3ccc(-c4nc(-c5ccccc5)nc(-c5ccc(-n6c7ccccc7c7cc8ccccc8cc76)c(-c6c7ccccc7cc7sc8ccccc8c67)c5)n4)cc3)cc2)cc1. The molecule has 0 atom stereocenters. The van der Waals surface area contributed by atoms with E-state index in [1.165, 1.54) is 69.2 Å². The minimum absolute atomic E-state index is 0.608. The molecule has 0 saturated carbocycles. The van der Waals surface area contributed by atoms with Crippen molar-refractivity contribution in [2.75, 3.05) is 0 Å². The van der Waals surface area contributed by atoms with E-state index in [9.17, 15) is 0 Å². The Morgan fingerprint density at radius 2 is 0.786 bits per heavy atom. The summed E-state index contributed by atoms with van der Waals surface area (Å²) in [6, 6.07) is 87.1. The van der Waals surface area contributed by atoms with E-state index in [4.69, 9.17) is 15.0 Å². The molecule has 0 N–H and O–H groups in total. The lowest BCUT2D eigenvalue weighted by Gasteiger charge is -2.19. The molecule has 0 amide bonds. The third-order valence-electron chi connectivity index (χ3n) is 13.8. The summed E-state index contributed by atoms with van der Waals surface area (Å²) in [5.74, 6) is 1.85. The average Bonchev–Trinajstić information content (AvgIpc) is 3.96. The standard InChI is InChI=1S/C65H40N4S/c1-3-15-41(16-4-1)42-27-29-43(30-28-42)44-31-33-46(34-32-44)64-66-63(45-17-5-2-6-18-45)67-65(68-64)50-35-36-57(69-56-25-13-11-23-52(56)54-37-47-19-7-8-20-48(47)39-58(54)69)55(38-50)61-51-22-10-9-21-49(51)40-60-62(61)53-24-12-14-26-59(53)70-60/h1-40H. The summed E-state index contributed by atoms with van der Waals surface area (Å²) in [7, 11) is 0. The zero-order valence-electron chi connectivity index (χ0n) is 37.8. The number of hydrogen-bond acceptors (Lipinski definition) is 4. The molecule has 14 aromatic rings. The molecule has 70 heavy (non-hydrogen) atoms. The smallest absolute Gasteiger partial charge is 0.164 e. The maximum atomic E-state index is 5.35. The summed E-state index contributed by atoms with van der Waals surface area (Å²) in [6.45, 7) is 0. The second kappa shape index (κ2) is 16.3. The van der Waals surface area contributed by atoms with Gasteiger partial charge in [0.1, 0.15) is 0 Å². The first-order chi connectivity index (χ1) is 34.7. The lowest BCUT2D eigenvalue weighted by Crippen LogP contribution is -2.02. The van der Waals surface area contributed by atoms with Crippen molar-refractivity contribution in [3.63, 3.8) is 0 Å². The van der Waals surface area contributed by atoms with Crippen LogP contribution in [0, 0.1) is 0 Å². The van der Waals surface area contributed by atoms with Crippen LogP contribution in [0.5, 0.6) is 0 Å². The summed E-state index contributed by atoms with van der Waals surface area (Å²) < 4.78 is 4.99. The number of aromatic nitrogens is 4. The van der Waals surface area contributed by atoms with Crippen molar-refractivity contribution in [2.45, 2.75) is 0 Å². The average molecular weight is 909 g/mol. The van der Waals surface area contributed by atoms with Gasteiger partial charge in [-0.15, -0.1) is 11.3 Å². The van der Waals surface area contributed by atoms with E-state index in [2.05, 4.69) is 229 Å². The molecular formula is C65H40N4S. The monoisotopic (exact) mass is 908 g/mol. The minimum atomic E-state index is 0.608. The normalized spacial score (nSPS) is 11.7. The van der Waals surface area contributed by atoms with E-state index >= 15 is 0 Å². The predicted octanol–water partition coefficient (Wildman–Crippen LogP) is 17.6. The fourth-order valence-electron chi connectivity index (χ4n) is 10.5. The second-order valence-electron chi connectivity index (χ2n) is 17.9. The van der Waals surface area contributed by atoms with Gasteiger partial charge < -0.3 is 4.57 Å². The van der Waals surface area contributed by atoms with Crippen LogP contribution < -0.4 is 0 Å². The zero-order valence-corrected chi connectivity index (χ0v) is 38.6. The number of thiophene rings is 1. The van der Waals surface area contributed by atoms with E-state index < -0.39 is 0 Å². The number of benzene rings is 11.